The van der Waals surface area contributed by atoms with Crippen LogP contribution >= 0.6 is 11.3 Å². The molecule has 2 amide bonds. The zero-order valence-electron chi connectivity index (χ0n) is 13.1. The van der Waals surface area contributed by atoms with Crippen LogP contribution in [0.2, 0.25) is 0 Å². The van der Waals surface area contributed by atoms with Gasteiger partial charge in [0.05, 0.1) is 4.88 Å². The fraction of sp³-hybridized carbons (Fsp3) is 0.333. The lowest BCUT2D eigenvalue weighted by molar-refractivity contribution is 0.0702. The van der Waals surface area contributed by atoms with Crippen LogP contribution in [-0.2, 0) is 0 Å². The Balaban J connectivity index is 1.54. The Morgan fingerprint density at radius 1 is 1.13 bits per heavy atom. The molecule has 1 aliphatic heterocycles. The number of amides is 2. The van der Waals surface area contributed by atoms with Crippen molar-refractivity contribution >= 4 is 23.2 Å². The van der Waals surface area contributed by atoms with Crippen molar-refractivity contribution < 1.29 is 9.59 Å². The highest BCUT2D eigenvalue weighted by Crippen LogP contribution is 2.20. The molecule has 1 aliphatic rings. The van der Waals surface area contributed by atoms with Gasteiger partial charge in [-0.25, -0.2) is 0 Å². The van der Waals surface area contributed by atoms with Crippen molar-refractivity contribution in [2.75, 3.05) is 13.1 Å². The number of thiophene rings is 1. The Labute approximate surface area is 140 Å². The van der Waals surface area contributed by atoms with Gasteiger partial charge in [-0.1, -0.05) is 18.2 Å². The van der Waals surface area contributed by atoms with Crippen molar-refractivity contribution in [1.29, 1.82) is 0 Å². The van der Waals surface area contributed by atoms with Crippen molar-refractivity contribution in [3.63, 3.8) is 0 Å². The molecular weight excluding hydrogens is 308 g/mol. The first-order valence-electron chi connectivity index (χ1n) is 7.84. The minimum atomic E-state index is -0.0375. The first kappa shape index (κ1) is 15.7. The molecule has 0 aliphatic carbocycles. The van der Waals surface area contributed by atoms with Crippen molar-refractivity contribution in [2.24, 2.45) is 0 Å². The Kier molecular flexibility index (Phi) is 4.76. The summed E-state index contributed by atoms with van der Waals surface area (Å²) in [6.45, 7) is 3.35. The highest BCUT2D eigenvalue weighted by molar-refractivity contribution is 7.12. The third-order valence-corrected chi connectivity index (χ3v) is 5.21. The van der Waals surface area contributed by atoms with Crippen LogP contribution in [0.3, 0.4) is 0 Å². The number of hydrogen-bond acceptors (Lipinski definition) is 3. The van der Waals surface area contributed by atoms with E-state index < -0.39 is 0 Å². The summed E-state index contributed by atoms with van der Waals surface area (Å²) in [5.41, 5.74) is 1.72. The smallest absolute Gasteiger partial charge is 0.264 e. The minimum absolute atomic E-state index is 0.0375. The van der Waals surface area contributed by atoms with Gasteiger partial charge >= 0.3 is 0 Å². The van der Waals surface area contributed by atoms with E-state index in [-0.39, 0.29) is 17.9 Å². The van der Waals surface area contributed by atoms with Gasteiger partial charge in [-0.3, -0.25) is 9.59 Å². The number of likely N-dealkylation sites (tertiary alicyclic amines) is 1. The van der Waals surface area contributed by atoms with Gasteiger partial charge in [0.15, 0.2) is 0 Å². The Bertz CT molecular complexity index is 688. The molecule has 0 bridgehead atoms. The number of benzene rings is 1. The first-order valence-corrected chi connectivity index (χ1v) is 8.72. The van der Waals surface area contributed by atoms with Gasteiger partial charge < -0.3 is 10.2 Å². The van der Waals surface area contributed by atoms with Gasteiger partial charge in [-0.15, -0.1) is 11.3 Å². The maximum Gasteiger partial charge on any atom is 0.264 e. The predicted octanol–water partition coefficient (Wildman–Crippen LogP) is 3.09. The zero-order chi connectivity index (χ0) is 16.2. The van der Waals surface area contributed by atoms with Gasteiger partial charge in [0.25, 0.3) is 11.8 Å². The molecule has 1 fully saturated rings. The molecule has 120 valence electrons. The van der Waals surface area contributed by atoms with Crippen molar-refractivity contribution in [1.82, 2.24) is 10.2 Å². The molecule has 4 nitrogen and oxygen atoms in total. The second kappa shape index (κ2) is 6.96. The van der Waals surface area contributed by atoms with Crippen molar-refractivity contribution in [3.8, 4) is 0 Å². The second-order valence-electron chi connectivity index (χ2n) is 5.84. The average molecular weight is 328 g/mol. The van der Waals surface area contributed by atoms with E-state index in [4.69, 9.17) is 0 Å². The van der Waals surface area contributed by atoms with Crippen LogP contribution in [0.15, 0.2) is 41.8 Å². The molecule has 5 heteroatoms. The molecule has 0 atom stereocenters. The van der Waals surface area contributed by atoms with E-state index in [1.165, 1.54) is 11.3 Å². The van der Waals surface area contributed by atoms with E-state index in [0.29, 0.717) is 18.7 Å². The van der Waals surface area contributed by atoms with Crippen LogP contribution in [0.25, 0.3) is 0 Å². The van der Waals surface area contributed by atoms with Crippen LogP contribution in [0.5, 0.6) is 0 Å². The van der Waals surface area contributed by atoms with Gasteiger partial charge in [-0.2, -0.15) is 0 Å². The SMILES string of the molecule is Cc1ccsc1C(=O)N1CCC(NC(=O)c2ccccc2)CC1. The molecule has 0 spiro atoms. The minimum Gasteiger partial charge on any atom is -0.349 e. The lowest BCUT2D eigenvalue weighted by Crippen LogP contribution is -2.46. The van der Waals surface area contributed by atoms with Crippen LogP contribution in [0.4, 0.5) is 0 Å². The lowest BCUT2D eigenvalue weighted by atomic mass is 10.0. The van der Waals surface area contributed by atoms with Crippen LogP contribution in [0, 0.1) is 6.92 Å². The molecule has 1 aromatic carbocycles. The van der Waals surface area contributed by atoms with E-state index in [2.05, 4.69) is 5.32 Å². The maximum absolute atomic E-state index is 12.5. The van der Waals surface area contributed by atoms with E-state index >= 15 is 0 Å². The van der Waals surface area contributed by atoms with Gasteiger partial charge in [0.2, 0.25) is 0 Å². The van der Waals surface area contributed by atoms with Gasteiger partial charge in [-0.05, 0) is 48.9 Å². The third-order valence-electron chi connectivity index (χ3n) is 4.21. The normalized spacial score (nSPS) is 15.4. The second-order valence-corrected chi connectivity index (χ2v) is 6.75. The largest absolute Gasteiger partial charge is 0.349 e. The summed E-state index contributed by atoms with van der Waals surface area (Å²) >= 11 is 1.50. The summed E-state index contributed by atoms with van der Waals surface area (Å²) in [6.07, 6.45) is 1.60. The summed E-state index contributed by atoms with van der Waals surface area (Å²) in [5.74, 6) is 0.0785. The molecule has 23 heavy (non-hydrogen) atoms. The molecule has 1 aromatic heterocycles. The van der Waals surface area contributed by atoms with Crippen LogP contribution in [0.1, 0.15) is 38.4 Å². The summed E-state index contributed by atoms with van der Waals surface area (Å²) in [7, 11) is 0. The topological polar surface area (TPSA) is 49.4 Å². The van der Waals surface area contributed by atoms with Crippen molar-refractivity contribution in [2.45, 2.75) is 25.8 Å². The fourth-order valence-corrected chi connectivity index (χ4v) is 3.71. The quantitative estimate of drug-likeness (QED) is 0.941. The third kappa shape index (κ3) is 3.62. The summed E-state index contributed by atoms with van der Waals surface area (Å²) < 4.78 is 0. The van der Waals surface area contributed by atoms with Gasteiger partial charge in [0.1, 0.15) is 0 Å². The Morgan fingerprint density at radius 2 is 1.83 bits per heavy atom. The molecule has 1 N–H and O–H groups in total. The lowest BCUT2D eigenvalue weighted by Gasteiger charge is -2.32. The molecule has 0 saturated carbocycles. The average Bonchev–Trinajstić information content (AvgIpc) is 3.02. The zero-order valence-corrected chi connectivity index (χ0v) is 13.9. The van der Waals surface area contributed by atoms with E-state index in [9.17, 15) is 9.59 Å². The molecule has 3 rings (SSSR count). The first-order chi connectivity index (χ1) is 11.1. The van der Waals surface area contributed by atoms with Crippen LogP contribution in [-0.4, -0.2) is 35.8 Å². The van der Waals surface area contributed by atoms with Crippen molar-refractivity contribution in [3.05, 3.63) is 57.8 Å². The maximum atomic E-state index is 12.5. The molecule has 2 aromatic rings. The highest BCUT2D eigenvalue weighted by atomic mass is 32.1. The predicted molar refractivity (Wildman–Crippen MR) is 91.9 cm³/mol. The Hall–Kier alpha value is -2.14. The number of aryl methyl sites for hydroxylation is 1. The number of carbonyl (C=O) groups excluding carboxylic acids is 2. The standard InChI is InChI=1S/C18H20N2O2S/c1-13-9-12-23-16(13)18(22)20-10-7-15(8-11-20)19-17(21)14-5-3-2-4-6-14/h2-6,9,12,15H,7-8,10-11H2,1H3,(H,19,21). The monoisotopic (exact) mass is 328 g/mol. The number of rotatable bonds is 3. The number of nitrogens with zero attached hydrogens (tertiary/aromatic N) is 1. The van der Waals surface area contributed by atoms with E-state index in [1.807, 2.05) is 53.6 Å². The molecule has 2 heterocycles. The number of hydrogen-bond donors (Lipinski definition) is 1. The molecule has 0 radical (unpaired) electrons. The summed E-state index contributed by atoms with van der Waals surface area (Å²) in [4.78, 5) is 27.4. The van der Waals surface area contributed by atoms with Gasteiger partial charge in [0, 0.05) is 24.7 Å². The molecule has 1 saturated heterocycles. The summed E-state index contributed by atoms with van der Waals surface area (Å²) in [6, 6.07) is 11.4. The number of nitrogens with one attached hydrogen (secondary N) is 1. The molecule has 0 unspecified atom stereocenters. The van der Waals surface area contributed by atoms with Crippen LogP contribution < -0.4 is 5.32 Å². The highest BCUT2D eigenvalue weighted by Gasteiger charge is 2.26. The van der Waals surface area contributed by atoms with E-state index in [0.717, 1.165) is 23.3 Å². The fourth-order valence-electron chi connectivity index (χ4n) is 2.82. The number of carbonyl (C=O) groups is 2. The number of piperidine rings is 1. The Morgan fingerprint density at radius 3 is 2.43 bits per heavy atom. The molecular formula is C18H20N2O2S. The summed E-state index contributed by atoms with van der Waals surface area (Å²) in [5, 5.41) is 5.02. The van der Waals surface area contributed by atoms with E-state index in [1.54, 1.807) is 0 Å².